The Balaban J connectivity index is 1.61. The zero-order valence-electron chi connectivity index (χ0n) is 17.0. The Morgan fingerprint density at radius 3 is 2.76 bits per heavy atom. The van der Waals surface area contributed by atoms with Gasteiger partial charge in [0.2, 0.25) is 0 Å². The van der Waals surface area contributed by atoms with E-state index in [1.807, 2.05) is 6.07 Å². The van der Waals surface area contributed by atoms with Crippen LogP contribution in [0.2, 0.25) is 5.02 Å². The molecule has 2 heterocycles. The van der Waals surface area contributed by atoms with Crippen LogP contribution in [0.25, 0.3) is 0 Å². The molecule has 0 radical (unpaired) electrons. The number of amides is 1. The van der Waals surface area contributed by atoms with Crippen LogP contribution in [-0.2, 0) is 6.54 Å². The lowest BCUT2D eigenvalue weighted by atomic mass is 9.95. The molecule has 154 valence electrons. The summed E-state index contributed by atoms with van der Waals surface area (Å²) in [6.45, 7) is 0.850. The zero-order chi connectivity index (χ0) is 20.4. The molecule has 0 spiro atoms. The fourth-order valence-electron chi connectivity index (χ4n) is 4.88. The van der Waals surface area contributed by atoms with Crippen LogP contribution >= 0.6 is 11.6 Å². The topological polar surface area (TPSA) is 53.6 Å². The molecular weight excluding hydrogens is 386 g/mol. The second kappa shape index (κ2) is 8.25. The molecule has 2 fully saturated rings. The molecule has 4 rings (SSSR count). The number of carbonyl (C=O) groups is 1. The highest BCUT2D eigenvalue weighted by Crippen LogP contribution is 2.44. The van der Waals surface area contributed by atoms with Crippen molar-refractivity contribution in [3.05, 3.63) is 58.6 Å². The Morgan fingerprint density at radius 2 is 2.03 bits per heavy atom. The summed E-state index contributed by atoms with van der Waals surface area (Å²) < 4.78 is 5.48. The highest BCUT2D eigenvalue weighted by atomic mass is 35.5. The number of piperidine rings is 1. The molecule has 2 aliphatic rings. The van der Waals surface area contributed by atoms with Crippen molar-refractivity contribution in [2.75, 3.05) is 19.5 Å². The van der Waals surface area contributed by atoms with Crippen LogP contribution in [0, 0.1) is 0 Å². The number of hydrogen-bond donors (Lipinski definition) is 2. The van der Waals surface area contributed by atoms with Crippen LogP contribution in [0.4, 0.5) is 5.69 Å². The van der Waals surface area contributed by atoms with Gasteiger partial charge in [0.15, 0.2) is 0 Å². The number of ether oxygens (including phenoxy) is 1. The Bertz CT molecular complexity index is 885. The maximum Gasteiger partial charge on any atom is 0.256 e. The number of halogens is 1. The highest BCUT2D eigenvalue weighted by Gasteiger charge is 2.49. The van der Waals surface area contributed by atoms with Crippen LogP contribution in [0.1, 0.15) is 48.0 Å². The normalized spacial score (nSPS) is 23.6. The van der Waals surface area contributed by atoms with Gasteiger partial charge in [0.25, 0.3) is 5.91 Å². The average Bonchev–Trinajstić information content (AvgIpc) is 2.92. The van der Waals surface area contributed by atoms with Crippen molar-refractivity contribution in [3.8, 4) is 5.75 Å². The van der Waals surface area contributed by atoms with Crippen LogP contribution in [0.3, 0.4) is 0 Å². The molecule has 2 aliphatic heterocycles. The number of carbonyl (C=O) groups excluding carboxylic acids is 1. The lowest BCUT2D eigenvalue weighted by Crippen LogP contribution is -2.60. The minimum Gasteiger partial charge on any atom is -0.496 e. The zero-order valence-corrected chi connectivity index (χ0v) is 17.8. The van der Waals surface area contributed by atoms with E-state index in [1.165, 1.54) is 12.0 Å². The van der Waals surface area contributed by atoms with Gasteiger partial charge in [-0.15, -0.1) is 0 Å². The maximum absolute atomic E-state index is 13.3. The van der Waals surface area contributed by atoms with Gasteiger partial charge in [-0.1, -0.05) is 41.9 Å². The third kappa shape index (κ3) is 3.81. The molecule has 0 saturated carbocycles. The Kier molecular flexibility index (Phi) is 5.70. The highest BCUT2D eigenvalue weighted by molar-refractivity contribution is 6.33. The lowest BCUT2D eigenvalue weighted by Gasteiger charge is -2.45. The second-order valence-electron chi connectivity index (χ2n) is 7.97. The van der Waals surface area contributed by atoms with E-state index in [0.29, 0.717) is 22.4 Å². The first-order valence-corrected chi connectivity index (χ1v) is 10.6. The van der Waals surface area contributed by atoms with Crippen molar-refractivity contribution >= 4 is 23.2 Å². The summed E-state index contributed by atoms with van der Waals surface area (Å²) in [4.78, 5) is 15.8. The number of hydrogen-bond acceptors (Lipinski definition) is 4. The first-order chi connectivity index (χ1) is 14.1. The number of rotatable bonds is 6. The van der Waals surface area contributed by atoms with Gasteiger partial charge in [0, 0.05) is 25.7 Å². The van der Waals surface area contributed by atoms with Gasteiger partial charge in [-0.3, -0.25) is 9.69 Å². The maximum atomic E-state index is 13.3. The predicted octanol–water partition coefficient (Wildman–Crippen LogP) is 4.66. The largest absolute Gasteiger partial charge is 0.496 e. The van der Waals surface area contributed by atoms with E-state index in [4.69, 9.17) is 16.3 Å². The van der Waals surface area contributed by atoms with Gasteiger partial charge in [0.1, 0.15) is 5.75 Å². The molecule has 2 aromatic carbocycles. The average molecular weight is 414 g/mol. The number of benzene rings is 2. The van der Waals surface area contributed by atoms with Gasteiger partial charge < -0.3 is 15.4 Å². The third-order valence-corrected chi connectivity index (χ3v) is 6.67. The summed E-state index contributed by atoms with van der Waals surface area (Å²) >= 11 is 6.35. The van der Waals surface area contributed by atoms with Gasteiger partial charge in [-0.25, -0.2) is 0 Å². The molecule has 1 amide bonds. The van der Waals surface area contributed by atoms with Crippen molar-refractivity contribution in [3.63, 3.8) is 0 Å². The first-order valence-electron chi connectivity index (χ1n) is 10.2. The summed E-state index contributed by atoms with van der Waals surface area (Å²) in [5.41, 5.74) is 2.18. The molecule has 0 aliphatic carbocycles. The summed E-state index contributed by atoms with van der Waals surface area (Å²) in [5, 5.41) is 6.91. The van der Waals surface area contributed by atoms with E-state index in [2.05, 4.69) is 39.8 Å². The van der Waals surface area contributed by atoms with E-state index >= 15 is 0 Å². The number of methoxy groups -OCH3 is 1. The molecule has 2 saturated heterocycles. The molecule has 2 aromatic rings. The van der Waals surface area contributed by atoms with Gasteiger partial charge in [0.05, 0.1) is 29.0 Å². The fraction of sp³-hybridized carbons (Fsp3) is 0.435. The van der Waals surface area contributed by atoms with Crippen molar-refractivity contribution < 1.29 is 9.53 Å². The van der Waals surface area contributed by atoms with Crippen LogP contribution in [0.15, 0.2) is 42.5 Å². The van der Waals surface area contributed by atoms with Crippen LogP contribution in [0.5, 0.6) is 5.75 Å². The molecule has 29 heavy (non-hydrogen) atoms. The van der Waals surface area contributed by atoms with Crippen molar-refractivity contribution in [2.24, 2.45) is 0 Å². The summed E-state index contributed by atoms with van der Waals surface area (Å²) in [6, 6.07) is 14.5. The predicted molar refractivity (Wildman–Crippen MR) is 117 cm³/mol. The van der Waals surface area contributed by atoms with E-state index in [1.54, 1.807) is 26.3 Å². The fourth-order valence-corrected chi connectivity index (χ4v) is 5.14. The number of nitrogens with zero attached hydrogens (tertiary/aromatic N) is 1. The van der Waals surface area contributed by atoms with Gasteiger partial charge in [-0.2, -0.15) is 0 Å². The van der Waals surface area contributed by atoms with E-state index < -0.39 is 0 Å². The number of fused-ring (bicyclic) bond motifs is 2. The van der Waals surface area contributed by atoms with Gasteiger partial charge >= 0.3 is 0 Å². The minimum absolute atomic E-state index is 0.132. The monoisotopic (exact) mass is 413 g/mol. The van der Waals surface area contributed by atoms with Crippen molar-refractivity contribution in [1.29, 1.82) is 0 Å². The van der Waals surface area contributed by atoms with Crippen LogP contribution in [-0.4, -0.2) is 36.7 Å². The SMILES string of the molecule is CNc1cc(OC)c(C(=O)NC23CCCC(CC2)N3Cc2ccccc2)cc1Cl. The van der Waals surface area contributed by atoms with Crippen LogP contribution < -0.4 is 15.4 Å². The second-order valence-corrected chi connectivity index (χ2v) is 8.37. The standard InChI is InChI=1S/C23H28ClN3O2/c1-25-20-14-21(29-2)18(13-19(20)24)22(28)26-23-11-6-9-17(10-12-23)27(23)15-16-7-4-3-5-8-16/h3-5,7-8,13-14,17,25H,6,9-12,15H2,1-2H3,(H,26,28). The molecule has 2 unspecified atom stereocenters. The molecule has 0 aromatic heterocycles. The van der Waals surface area contributed by atoms with Crippen molar-refractivity contribution in [1.82, 2.24) is 10.2 Å². The smallest absolute Gasteiger partial charge is 0.256 e. The van der Waals surface area contributed by atoms with E-state index in [9.17, 15) is 4.79 Å². The Morgan fingerprint density at radius 1 is 1.24 bits per heavy atom. The lowest BCUT2D eigenvalue weighted by molar-refractivity contribution is 0.0184. The summed E-state index contributed by atoms with van der Waals surface area (Å²) in [5.74, 6) is 0.389. The molecule has 2 atom stereocenters. The molecule has 6 heteroatoms. The number of anilines is 1. The third-order valence-electron chi connectivity index (χ3n) is 6.35. The van der Waals surface area contributed by atoms with E-state index in [0.717, 1.165) is 37.9 Å². The Hall–Kier alpha value is -2.24. The molecule has 5 nitrogen and oxygen atoms in total. The quantitative estimate of drug-likeness (QED) is 0.722. The Labute approximate surface area is 177 Å². The molecule has 2 bridgehead atoms. The summed E-state index contributed by atoms with van der Waals surface area (Å²) in [6.07, 6.45) is 5.38. The van der Waals surface area contributed by atoms with Gasteiger partial charge in [-0.05, 0) is 43.7 Å². The minimum atomic E-state index is -0.311. The van der Waals surface area contributed by atoms with Crippen molar-refractivity contribution in [2.45, 2.75) is 50.4 Å². The summed E-state index contributed by atoms with van der Waals surface area (Å²) in [7, 11) is 3.37. The number of nitrogens with one attached hydrogen (secondary N) is 2. The molecular formula is C23H28ClN3O2. The first kappa shape index (κ1) is 20.0. The molecule has 2 N–H and O–H groups in total. The van der Waals surface area contributed by atoms with E-state index in [-0.39, 0.29) is 11.6 Å².